The van der Waals surface area contributed by atoms with E-state index in [4.69, 9.17) is 10.7 Å². The Morgan fingerprint density at radius 2 is 1.82 bits per heavy atom. The molecule has 39 heavy (non-hydrogen) atoms. The molecule has 0 unspecified atom stereocenters. The maximum Gasteiger partial charge on any atom is 0.218 e. The number of nitriles is 1. The smallest absolute Gasteiger partial charge is 0.218 e. The summed E-state index contributed by atoms with van der Waals surface area (Å²) < 4.78 is 30.6. The van der Waals surface area contributed by atoms with Gasteiger partial charge in [0.15, 0.2) is 0 Å². The lowest BCUT2D eigenvalue weighted by molar-refractivity contribution is 0.475. The Kier molecular flexibility index (Phi) is 6.21. The van der Waals surface area contributed by atoms with E-state index >= 15 is 0 Å². The number of hydrogen-bond donors (Lipinski definition) is 2. The van der Waals surface area contributed by atoms with E-state index in [9.17, 15) is 19.1 Å². The van der Waals surface area contributed by atoms with Gasteiger partial charge in [0.05, 0.1) is 16.6 Å². The number of hydrogen-bond acceptors (Lipinski definition) is 8. The number of phenolic OH excluding ortho intramolecular Hbond substituents is 1. The molecule has 6 rings (SSSR count). The number of anilines is 1. The quantitative estimate of drug-likeness (QED) is 0.316. The molecular formula is C28H23F2N7OS. The summed E-state index contributed by atoms with van der Waals surface area (Å²) in [5, 5.41) is 31.1. The molecule has 0 spiro atoms. The van der Waals surface area contributed by atoms with E-state index in [1.54, 1.807) is 22.9 Å². The van der Waals surface area contributed by atoms with Crippen LogP contribution < -0.4 is 10.6 Å². The lowest BCUT2D eigenvalue weighted by atomic mass is 9.95. The van der Waals surface area contributed by atoms with Crippen LogP contribution in [0.25, 0.3) is 38.4 Å². The second kappa shape index (κ2) is 9.72. The Balaban J connectivity index is 1.73. The van der Waals surface area contributed by atoms with Gasteiger partial charge < -0.3 is 15.7 Å². The molecule has 1 fully saturated rings. The van der Waals surface area contributed by atoms with Gasteiger partial charge in [-0.3, -0.25) is 4.57 Å². The number of nitrogens with zero attached hydrogens (tertiary/aromatic N) is 6. The van der Waals surface area contributed by atoms with Crippen LogP contribution in [0.5, 0.6) is 5.75 Å². The van der Waals surface area contributed by atoms with Crippen LogP contribution in [0, 0.1) is 29.9 Å². The summed E-state index contributed by atoms with van der Waals surface area (Å²) in [5.74, 6) is -1.56. The monoisotopic (exact) mass is 543 g/mol. The van der Waals surface area contributed by atoms with Gasteiger partial charge in [0.25, 0.3) is 0 Å². The number of benzene rings is 2. The zero-order valence-electron chi connectivity index (χ0n) is 20.9. The van der Waals surface area contributed by atoms with Crippen LogP contribution in [0.15, 0.2) is 48.8 Å². The van der Waals surface area contributed by atoms with Crippen LogP contribution >= 0.6 is 11.3 Å². The van der Waals surface area contributed by atoms with Gasteiger partial charge >= 0.3 is 0 Å². The van der Waals surface area contributed by atoms with Crippen LogP contribution in [0.1, 0.15) is 23.4 Å². The predicted molar refractivity (Wildman–Crippen MR) is 146 cm³/mol. The number of aromatic hydroxyl groups is 1. The number of para-hydroxylation sites is 1. The molecule has 2 aromatic carbocycles. The highest BCUT2D eigenvalue weighted by atomic mass is 32.1. The number of rotatable bonds is 4. The van der Waals surface area contributed by atoms with Crippen molar-refractivity contribution in [1.82, 2.24) is 19.7 Å². The highest BCUT2D eigenvalue weighted by Gasteiger charge is 2.28. The van der Waals surface area contributed by atoms with E-state index in [0.29, 0.717) is 57.2 Å². The molecule has 8 nitrogen and oxygen atoms in total. The van der Waals surface area contributed by atoms with Gasteiger partial charge in [-0.1, -0.05) is 23.5 Å². The van der Waals surface area contributed by atoms with E-state index in [0.717, 1.165) is 23.9 Å². The van der Waals surface area contributed by atoms with Crippen LogP contribution in [-0.4, -0.2) is 44.0 Å². The fourth-order valence-electron chi connectivity index (χ4n) is 5.13. The Morgan fingerprint density at radius 3 is 2.49 bits per heavy atom. The molecule has 0 bridgehead atoms. The summed E-state index contributed by atoms with van der Waals surface area (Å²) in [7, 11) is 0. The minimum Gasteiger partial charge on any atom is -0.506 e. The average molecular weight is 544 g/mol. The third kappa shape index (κ3) is 4.37. The molecule has 3 aromatic heterocycles. The first-order valence-corrected chi connectivity index (χ1v) is 13.2. The zero-order valence-corrected chi connectivity index (χ0v) is 21.7. The van der Waals surface area contributed by atoms with E-state index in [-0.39, 0.29) is 17.4 Å². The van der Waals surface area contributed by atoms with Crippen molar-refractivity contribution in [1.29, 1.82) is 5.26 Å². The highest BCUT2D eigenvalue weighted by Crippen LogP contribution is 2.46. The third-order valence-corrected chi connectivity index (χ3v) is 7.82. The SMILES string of the molecule is Cc1nnc(-n2cc(-c3cccc(C#N)c3O)c3c(N4CCC(N)CC4)c(-c4cc(F)cc(F)c4)cnc32)s1. The molecular weight excluding hydrogens is 520 g/mol. The Hall–Kier alpha value is -4.40. The summed E-state index contributed by atoms with van der Waals surface area (Å²) >= 11 is 1.38. The summed E-state index contributed by atoms with van der Waals surface area (Å²) in [6.45, 7) is 3.10. The van der Waals surface area contributed by atoms with Crippen molar-refractivity contribution in [2.24, 2.45) is 5.73 Å². The summed E-state index contributed by atoms with van der Waals surface area (Å²) in [5.41, 5.74) is 9.50. The minimum absolute atomic E-state index is 0.0541. The fourth-order valence-corrected chi connectivity index (χ4v) is 5.80. The largest absolute Gasteiger partial charge is 0.506 e. The Morgan fingerprint density at radius 1 is 1.08 bits per heavy atom. The topological polar surface area (TPSA) is 117 Å². The number of aromatic nitrogens is 4. The van der Waals surface area contributed by atoms with Crippen molar-refractivity contribution in [2.45, 2.75) is 25.8 Å². The van der Waals surface area contributed by atoms with Gasteiger partial charge in [0, 0.05) is 54.3 Å². The van der Waals surface area contributed by atoms with Crippen LogP contribution in [0.4, 0.5) is 14.5 Å². The maximum absolute atomic E-state index is 14.4. The van der Waals surface area contributed by atoms with Crippen molar-refractivity contribution in [3.05, 3.63) is 71.0 Å². The molecule has 1 aliphatic rings. The van der Waals surface area contributed by atoms with Crippen molar-refractivity contribution in [3.8, 4) is 39.2 Å². The van der Waals surface area contributed by atoms with E-state index < -0.39 is 11.6 Å². The molecule has 0 radical (unpaired) electrons. The number of nitrogens with two attached hydrogens (primary N) is 1. The lowest BCUT2D eigenvalue weighted by Gasteiger charge is -2.34. The van der Waals surface area contributed by atoms with Gasteiger partial charge in [-0.25, -0.2) is 13.8 Å². The van der Waals surface area contributed by atoms with Gasteiger partial charge in [0.1, 0.15) is 34.1 Å². The molecule has 1 aliphatic heterocycles. The first kappa shape index (κ1) is 24.9. The van der Waals surface area contributed by atoms with Gasteiger partial charge in [0.2, 0.25) is 5.13 Å². The number of aryl methyl sites for hydroxylation is 1. The molecule has 0 atom stereocenters. The number of phenols is 1. The van der Waals surface area contributed by atoms with E-state index in [1.165, 1.54) is 29.5 Å². The standard InChI is InChI=1S/C28H23F2N7OS/c1-15-34-35-28(39-15)37-14-23(21-4-2-3-16(12-31)26(21)38)24-25(36-7-5-20(32)6-8-36)22(13-33-27(24)37)17-9-18(29)11-19(30)10-17/h2-4,9-11,13-14,20,38H,5-8,32H2,1H3. The number of halogens is 2. The molecule has 1 saturated heterocycles. The number of fused-ring (bicyclic) bond motifs is 1. The first-order valence-electron chi connectivity index (χ1n) is 12.4. The average Bonchev–Trinajstić information content (AvgIpc) is 3.52. The second-order valence-corrected chi connectivity index (χ2v) is 10.7. The third-order valence-electron chi connectivity index (χ3n) is 6.98. The first-order chi connectivity index (χ1) is 18.8. The van der Waals surface area contributed by atoms with Crippen LogP contribution in [-0.2, 0) is 0 Å². The molecule has 3 N–H and O–H groups in total. The number of piperidine rings is 1. The van der Waals surface area contributed by atoms with Gasteiger partial charge in [-0.2, -0.15) is 5.26 Å². The molecule has 5 aromatic rings. The Labute approximate surface area is 226 Å². The molecule has 0 saturated carbocycles. The normalized spacial score (nSPS) is 14.2. The molecule has 4 heterocycles. The van der Waals surface area contributed by atoms with E-state index in [2.05, 4.69) is 15.1 Å². The molecule has 11 heteroatoms. The second-order valence-electron chi connectivity index (χ2n) is 9.53. The summed E-state index contributed by atoms with van der Waals surface area (Å²) in [6.07, 6.45) is 4.90. The van der Waals surface area contributed by atoms with Crippen LogP contribution in [0.2, 0.25) is 0 Å². The summed E-state index contributed by atoms with van der Waals surface area (Å²) in [6, 6.07) is 10.4. The fraction of sp³-hybridized carbons (Fsp3) is 0.214. The molecule has 0 amide bonds. The highest BCUT2D eigenvalue weighted by molar-refractivity contribution is 7.13. The van der Waals surface area contributed by atoms with Gasteiger partial charge in [-0.05, 0) is 43.5 Å². The van der Waals surface area contributed by atoms with Crippen molar-refractivity contribution >= 4 is 28.1 Å². The zero-order chi connectivity index (χ0) is 27.3. The molecule has 196 valence electrons. The van der Waals surface area contributed by atoms with Gasteiger partial charge in [-0.15, -0.1) is 10.2 Å². The van der Waals surface area contributed by atoms with Crippen molar-refractivity contribution < 1.29 is 13.9 Å². The minimum atomic E-state index is -0.696. The number of pyridine rings is 1. The predicted octanol–water partition coefficient (Wildman–Crippen LogP) is 5.30. The molecule has 0 aliphatic carbocycles. The Bertz CT molecular complexity index is 1750. The summed E-state index contributed by atoms with van der Waals surface area (Å²) in [4.78, 5) is 6.90. The van der Waals surface area contributed by atoms with E-state index in [1.807, 2.05) is 19.2 Å². The lowest BCUT2D eigenvalue weighted by Crippen LogP contribution is -2.40. The maximum atomic E-state index is 14.4. The van der Waals surface area contributed by atoms with Crippen molar-refractivity contribution in [2.75, 3.05) is 18.0 Å². The van der Waals surface area contributed by atoms with Crippen LogP contribution in [0.3, 0.4) is 0 Å². The van der Waals surface area contributed by atoms with Crippen molar-refractivity contribution in [3.63, 3.8) is 0 Å².